The average Bonchev–Trinajstić information content (AvgIpc) is 2.87. The van der Waals surface area contributed by atoms with Gasteiger partial charge >= 0.3 is 0 Å². The van der Waals surface area contributed by atoms with E-state index in [0.29, 0.717) is 27.6 Å². The molecule has 0 saturated heterocycles. The first kappa shape index (κ1) is 26.4. The van der Waals surface area contributed by atoms with Crippen LogP contribution in [0.25, 0.3) is 0 Å². The third-order valence-electron chi connectivity index (χ3n) is 5.02. The second-order valence-corrected chi connectivity index (χ2v) is 8.65. The quantitative estimate of drug-likeness (QED) is 0.282. The van der Waals surface area contributed by atoms with Gasteiger partial charge in [0.2, 0.25) is 0 Å². The van der Waals surface area contributed by atoms with E-state index >= 15 is 0 Å². The van der Waals surface area contributed by atoms with Crippen LogP contribution in [-0.2, 0) is 9.59 Å². The van der Waals surface area contributed by atoms with Crippen molar-refractivity contribution in [3.05, 3.63) is 95.0 Å². The van der Waals surface area contributed by atoms with Gasteiger partial charge in [0.15, 0.2) is 6.61 Å². The van der Waals surface area contributed by atoms with Gasteiger partial charge in [0.1, 0.15) is 11.8 Å². The van der Waals surface area contributed by atoms with Gasteiger partial charge in [-0.05, 0) is 66.1 Å². The molecule has 0 saturated carbocycles. The van der Waals surface area contributed by atoms with Crippen LogP contribution < -0.4 is 20.8 Å². The highest BCUT2D eigenvalue weighted by Gasteiger charge is 2.24. The summed E-state index contributed by atoms with van der Waals surface area (Å²) < 4.78 is 5.50. The van der Waals surface area contributed by atoms with E-state index in [1.165, 1.54) is 12.3 Å². The molecule has 1 atom stereocenters. The molecule has 0 spiro atoms. The van der Waals surface area contributed by atoms with E-state index in [9.17, 15) is 14.4 Å². The maximum absolute atomic E-state index is 12.6. The molecular weight excluding hydrogens is 480 g/mol. The lowest BCUT2D eigenvalue weighted by Crippen LogP contribution is -2.48. The minimum atomic E-state index is -0.786. The van der Waals surface area contributed by atoms with Gasteiger partial charge in [0.25, 0.3) is 17.7 Å². The predicted molar refractivity (Wildman–Crippen MR) is 140 cm³/mol. The molecule has 3 N–H and O–H groups in total. The van der Waals surface area contributed by atoms with Crippen LogP contribution in [0.4, 0.5) is 5.69 Å². The summed E-state index contributed by atoms with van der Waals surface area (Å²) in [5, 5.41) is 9.89. The minimum Gasteiger partial charge on any atom is -0.484 e. The highest BCUT2D eigenvalue weighted by Crippen LogP contribution is 2.13. The highest BCUT2D eigenvalue weighted by molar-refractivity contribution is 6.31. The van der Waals surface area contributed by atoms with Crippen molar-refractivity contribution < 1.29 is 19.1 Å². The normalized spacial score (nSPS) is 11.7. The van der Waals surface area contributed by atoms with Crippen LogP contribution in [0, 0.1) is 5.92 Å². The van der Waals surface area contributed by atoms with E-state index in [2.05, 4.69) is 21.2 Å². The number of ether oxygens (including phenoxy) is 1. The summed E-state index contributed by atoms with van der Waals surface area (Å²) in [5.74, 6) is -0.761. The molecular formula is C27H27ClN4O4. The van der Waals surface area contributed by atoms with Gasteiger partial charge in [-0.1, -0.05) is 49.7 Å². The van der Waals surface area contributed by atoms with Crippen LogP contribution in [0.5, 0.6) is 5.75 Å². The molecule has 186 valence electrons. The number of benzene rings is 3. The van der Waals surface area contributed by atoms with Crippen LogP contribution in [0.1, 0.15) is 29.8 Å². The molecule has 3 aromatic rings. The van der Waals surface area contributed by atoms with Crippen LogP contribution in [0.2, 0.25) is 5.02 Å². The summed E-state index contributed by atoms with van der Waals surface area (Å²) in [5.41, 5.74) is 4.24. The number of para-hydroxylation sites is 1. The molecule has 0 aromatic heterocycles. The Bertz CT molecular complexity index is 1210. The third kappa shape index (κ3) is 8.25. The maximum Gasteiger partial charge on any atom is 0.262 e. The number of nitrogens with zero attached hydrogens (tertiary/aromatic N) is 1. The standard InChI is InChI=1S/C27H27ClN4O4/c1-18(2)25(31-26(34)20-7-6-8-21(28)15-20)27(35)32-29-16-19-11-13-23(14-12-19)36-17-24(33)30-22-9-4-3-5-10-22/h3-16,18,25H,17H2,1-2H3,(H,30,33)(H,31,34)(H,32,35). The number of rotatable bonds is 10. The van der Waals surface area contributed by atoms with Crippen molar-refractivity contribution in [3.63, 3.8) is 0 Å². The van der Waals surface area contributed by atoms with Gasteiger partial charge in [0, 0.05) is 16.3 Å². The highest BCUT2D eigenvalue weighted by atomic mass is 35.5. The predicted octanol–water partition coefficient (Wildman–Crippen LogP) is 4.26. The molecule has 0 bridgehead atoms. The molecule has 36 heavy (non-hydrogen) atoms. The largest absolute Gasteiger partial charge is 0.484 e. The summed E-state index contributed by atoms with van der Waals surface area (Å²) in [7, 11) is 0. The van der Waals surface area contributed by atoms with Crippen LogP contribution >= 0.6 is 11.6 Å². The SMILES string of the molecule is CC(C)C(NC(=O)c1cccc(Cl)c1)C(=O)NN=Cc1ccc(OCC(=O)Nc2ccccc2)cc1. The van der Waals surface area contributed by atoms with Gasteiger partial charge < -0.3 is 15.4 Å². The average molecular weight is 507 g/mol. The van der Waals surface area contributed by atoms with E-state index in [-0.39, 0.29) is 18.4 Å². The van der Waals surface area contributed by atoms with Gasteiger partial charge in [-0.2, -0.15) is 5.10 Å². The van der Waals surface area contributed by atoms with Gasteiger partial charge in [-0.3, -0.25) is 14.4 Å². The summed E-state index contributed by atoms with van der Waals surface area (Å²) in [4.78, 5) is 37.1. The summed E-state index contributed by atoms with van der Waals surface area (Å²) >= 11 is 5.94. The number of nitrogens with one attached hydrogen (secondary N) is 3. The number of hydrogen-bond donors (Lipinski definition) is 3. The summed E-state index contributed by atoms with van der Waals surface area (Å²) in [6, 6.07) is 21.7. The van der Waals surface area contributed by atoms with Crippen molar-refractivity contribution in [1.29, 1.82) is 0 Å². The van der Waals surface area contributed by atoms with Gasteiger partial charge in [-0.25, -0.2) is 5.43 Å². The molecule has 0 fully saturated rings. The Morgan fingerprint density at radius 1 is 0.972 bits per heavy atom. The van der Waals surface area contributed by atoms with Gasteiger partial charge in [0.05, 0.1) is 6.21 Å². The molecule has 3 amide bonds. The first-order valence-electron chi connectivity index (χ1n) is 11.3. The molecule has 0 aliphatic heterocycles. The molecule has 0 aliphatic carbocycles. The molecule has 9 heteroatoms. The molecule has 8 nitrogen and oxygen atoms in total. The number of carbonyl (C=O) groups is 3. The third-order valence-corrected chi connectivity index (χ3v) is 5.25. The lowest BCUT2D eigenvalue weighted by molar-refractivity contribution is -0.124. The van der Waals surface area contributed by atoms with E-state index in [0.717, 1.165) is 0 Å². The van der Waals surface area contributed by atoms with E-state index in [1.54, 1.807) is 54.6 Å². The van der Waals surface area contributed by atoms with Gasteiger partial charge in [-0.15, -0.1) is 0 Å². The zero-order chi connectivity index (χ0) is 25.9. The Kier molecular flexibility index (Phi) is 9.59. The minimum absolute atomic E-state index is 0.129. The van der Waals surface area contributed by atoms with E-state index < -0.39 is 17.9 Å². The molecule has 3 aromatic carbocycles. The number of halogens is 1. The number of amides is 3. The topological polar surface area (TPSA) is 109 Å². The second kappa shape index (κ2) is 13.1. The van der Waals surface area contributed by atoms with Crippen molar-refractivity contribution in [3.8, 4) is 5.75 Å². The zero-order valence-electron chi connectivity index (χ0n) is 19.9. The maximum atomic E-state index is 12.6. The van der Waals surface area contributed by atoms with Crippen molar-refractivity contribution in [1.82, 2.24) is 10.7 Å². The van der Waals surface area contributed by atoms with Crippen LogP contribution in [0.15, 0.2) is 84.0 Å². The Balaban J connectivity index is 1.48. The smallest absolute Gasteiger partial charge is 0.262 e. The van der Waals surface area contributed by atoms with E-state index in [4.69, 9.17) is 16.3 Å². The summed E-state index contributed by atoms with van der Waals surface area (Å²) in [6.07, 6.45) is 1.47. The summed E-state index contributed by atoms with van der Waals surface area (Å²) in [6.45, 7) is 3.52. The van der Waals surface area contributed by atoms with Crippen molar-refractivity contribution in [2.24, 2.45) is 11.0 Å². The fraction of sp³-hybridized carbons (Fsp3) is 0.185. The second-order valence-electron chi connectivity index (χ2n) is 8.21. The Morgan fingerprint density at radius 2 is 1.69 bits per heavy atom. The Labute approximate surface area is 214 Å². The van der Waals surface area contributed by atoms with Crippen LogP contribution in [0.3, 0.4) is 0 Å². The van der Waals surface area contributed by atoms with Crippen molar-refractivity contribution >= 4 is 41.2 Å². The number of anilines is 1. The van der Waals surface area contributed by atoms with Crippen LogP contribution in [-0.4, -0.2) is 36.6 Å². The van der Waals surface area contributed by atoms with Crippen molar-refractivity contribution in [2.45, 2.75) is 19.9 Å². The first-order valence-corrected chi connectivity index (χ1v) is 11.7. The fourth-order valence-corrected chi connectivity index (χ4v) is 3.34. The zero-order valence-corrected chi connectivity index (χ0v) is 20.7. The number of hydrogen-bond acceptors (Lipinski definition) is 5. The van der Waals surface area contributed by atoms with E-state index in [1.807, 2.05) is 32.0 Å². The number of carbonyl (C=O) groups excluding carboxylic acids is 3. The monoisotopic (exact) mass is 506 g/mol. The Hall–Kier alpha value is -4.17. The molecule has 0 radical (unpaired) electrons. The lowest BCUT2D eigenvalue weighted by atomic mass is 10.0. The molecule has 1 unspecified atom stereocenters. The fourth-order valence-electron chi connectivity index (χ4n) is 3.15. The first-order chi connectivity index (χ1) is 17.3. The number of hydrazone groups is 1. The molecule has 0 heterocycles. The molecule has 3 rings (SSSR count). The Morgan fingerprint density at radius 3 is 2.36 bits per heavy atom. The lowest BCUT2D eigenvalue weighted by Gasteiger charge is -2.20. The van der Waals surface area contributed by atoms with Crippen molar-refractivity contribution in [2.75, 3.05) is 11.9 Å². The molecule has 0 aliphatic rings.